The van der Waals surface area contributed by atoms with E-state index in [2.05, 4.69) is 60.9 Å². The summed E-state index contributed by atoms with van der Waals surface area (Å²) in [6.07, 6.45) is 0. The van der Waals surface area contributed by atoms with Crippen LogP contribution in [0.4, 0.5) is 11.8 Å². The van der Waals surface area contributed by atoms with Crippen molar-refractivity contribution >= 4 is 11.8 Å². The van der Waals surface area contributed by atoms with Crippen LogP contribution in [0.2, 0.25) is 0 Å². The summed E-state index contributed by atoms with van der Waals surface area (Å²) >= 11 is 0. The monoisotopic (exact) mass is 264 g/mol. The quantitative estimate of drug-likeness (QED) is 0.820. The van der Waals surface area contributed by atoms with Gasteiger partial charge in [0.05, 0.1) is 0 Å². The lowest BCUT2D eigenvalue weighted by atomic mass is 10.1. The third kappa shape index (κ3) is 5.45. The summed E-state index contributed by atoms with van der Waals surface area (Å²) in [6, 6.07) is 2.08. The average molecular weight is 264 g/mol. The van der Waals surface area contributed by atoms with Gasteiger partial charge >= 0.3 is 0 Å². The van der Waals surface area contributed by atoms with Crippen LogP contribution >= 0.6 is 0 Å². The summed E-state index contributed by atoms with van der Waals surface area (Å²) in [5.41, 5.74) is 1.01. The molecule has 1 N–H and O–H groups in total. The van der Waals surface area contributed by atoms with E-state index in [0.29, 0.717) is 11.8 Å². The molecule has 1 aromatic rings. The molecule has 1 aromatic heterocycles. The second kappa shape index (κ2) is 7.31. The molecule has 0 spiro atoms. The Bertz CT molecular complexity index is 378. The van der Waals surface area contributed by atoms with E-state index in [0.717, 1.165) is 37.1 Å². The number of rotatable bonds is 7. The van der Waals surface area contributed by atoms with Crippen molar-refractivity contribution in [2.75, 3.05) is 29.9 Å². The smallest absolute Gasteiger partial charge is 0.224 e. The fourth-order valence-corrected chi connectivity index (χ4v) is 2.09. The van der Waals surface area contributed by atoms with Crippen molar-refractivity contribution < 1.29 is 0 Å². The Labute approximate surface area is 117 Å². The number of anilines is 2. The summed E-state index contributed by atoms with van der Waals surface area (Å²) in [4.78, 5) is 11.4. The maximum atomic E-state index is 4.63. The van der Waals surface area contributed by atoms with Crippen LogP contribution in [0, 0.1) is 18.8 Å². The predicted octanol–water partition coefficient (Wildman–Crippen LogP) is 3.34. The lowest BCUT2D eigenvalue weighted by molar-refractivity contribution is 0.548. The van der Waals surface area contributed by atoms with E-state index >= 15 is 0 Å². The summed E-state index contributed by atoms with van der Waals surface area (Å²) in [7, 11) is 0. The second-order valence-corrected chi connectivity index (χ2v) is 5.91. The highest BCUT2D eigenvalue weighted by molar-refractivity contribution is 5.44. The van der Waals surface area contributed by atoms with Gasteiger partial charge in [0.15, 0.2) is 0 Å². The largest absolute Gasteiger partial charge is 0.356 e. The molecule has 4 heteroatoms. The highest BCUT2D eigenvalue weighted by Gasteiger charge is 2.13. The van der Waals surface area contributed by atoms with Crippen LogP contribution in [0.15, 0.2) is 6.07 Å². The van der Waals surface area contributed by atoms with E-state index in [4.69, 9.17) is 0 Å². The van der Waals surface area contributed by atoms with Crippen molar-refractivity contribution in [1.29, 1.82) is 0 Å². The fraction of sp³-hybridized carbons (Fsp3) is 0.733. The van der Waals surface area contributed by atoms with Crippen LogP contribution in [-0.4, -0.2) is 29.6 Å². The minimum atomic E-state index is 0.622. The number of aryl methyl sites for hydroxylation is 1. The standard InChI is InChI=1S/C15H28N4/c1-7-16-15-17-13(6)8-14(18-15)19(9-11(2)3)10-12(4)5/h8,11-12H,7,9-10H2,1-6H3,(H,16,17,18). The van der Waals surface area contributed by atoms with E-state index in [1.165, 1.54) is 0 Å². The molecule has 0 fully saturated rings. The number of hydrogen-bond donors (Lipinski definition) is 1. The van der Waals surface area contributed by atoms with Crippen molar-refractivity contribution in [3.63, 3.8) is 0 Å². The molecule has 19 heavy (non-hydrogen) atoms. The second-order valence-electron chi connectivity index (χ2n) is 5.91. The van der Waals surface area contributed by atoms with Crippen molar-refractivity contribution in [2.24, 2.45) is 11.8 Å². The Balaban J connectivity index is 2.99. The number of nitrogens with one attached hydrogen (secondary N) is 1. The Morgan fingerprint density at radius 1 is 1.11 bits per heavy atom. The maximum absolute atomic E-state index is 4.63. The molecule has 1 heterocycles. The molecular weight excluding hydrogens is 236 g/mol. The van der Waals surface area contributed by atoms with E-state index in [9.17, 15) is 0 Å². The van der Waals surface area contributed by atoms with Gasteiger partial charge in [0, 0.05) is 31.4 Å². The first kappa shape index (κ1) is 15.7. The summed E-state index contributed by atoms with van der Waals surface area (Å²) in [5.74, 6) is 3.01. The zero-order valence-electron chi connectivity index (χ0n) is 13.2. The van der Waals surface area contributed by atoms with Gasteiger partial charge in [0.2, 0.25) is 5.95 Å². The van der Waals surface area contributed by atoms with Crippen molar-refractivity contribution in [3.8, 4) is 0 Å². The molecule has 4 nitrogen and oxygen atoms in total. The fourth-order valence-electron chi connectivity index (χ4n) is 2.09. The van der Waals surface area contributed by atoms with Crippen molar-refractivity contribution in [1.82, 2.24) is 9.97 Å². The van der Waals surface area contributed by atoms with Gasteiger partial charge < -0.3 is 10.2 Å². The highest BCUT2D eigenvalue weighted by Crippen LogP contribution is 2.18. The van der Waals surface area contributed by atoms with Crippen LogP contribution < -0.4 is 10.2 Å². The first-order valence-electron chi connectivity index (χ1n) is 7.26. The van der Waals surface area contributed by atoms with Crippen LogP contribution in [0.5, 0.6) is 0 Å². The molecule has 108 valence electrons. The zero-order chi connectivity index (χ0) is 14.4. The summed E-state index contributed by atoms with van der Waals surface area (Å²) in [6.45, 7) is 16.0. The summed E-state index contributed by atoms with van der Waals surface area (Å²) in [5, 5.41) is 3.20. The topological polar surface area (TPSA) is 41.1 Å². The van der Waals surface area contributed by atoms with Crippen LogP contribution in [0.25, 0.3) is 0 Å². The summed E-state index contributed by atoms with van der Waals surface area (Å²) < 4.78 is 0. The minimum absolute atomic E-state index is 0.622. The van der Waals surface area contributed by atoms with Gasteiger partial charge in [-0.1, -0.05) is 27.7 Å². The number of hydrogen-bond acceptors (Lipinski definition) is 4. The molecule has 0 aliphatic heterocycles. The van der Waals surface area contributed by atoms with E-state index in [1.54, 1.807) is 0 Å². The Morgan fingerprint density at radius 2 is 1.68 bits per heavy atom. The van der Waals surface area contributed by atoms with Crippen LogP contribution in [-0.2, 0) is 0 Å². The molecule has 0 unspecified atom stereocenters. The normalized spacial score (nSPS) is 11.2. The Hall–Kier alpha value is -1.32. The molecule has 0 bridgehead atoms. The lowest BCUT2D eigenvalue weighted by Gasteiger charge is -2.27. The molecule has 0 saturated heterocycles. The number of nitrogens with zero attached hydrogens (tertiary/aromatic N) is 3. The minimum Gasteiger partial charge on any atom is -0.356 e. The molecule has 0 amide bonds. The van der Waals surface area contributed by atoms with E-state index in [1.807, 2.05) is 6.92 Å². The molecular formula is C15H28N4. The van der Waals surface area contributed by atoms with Gasteiger partial charge in [-0.25, -0.2) is 4.98 Å². The first-order chi connectivity index (χ1) is 8.92. The molecule has 1 rings (SSSR count). The van der Waals surface area contributed by atoms with Gasteiger partial charge in [0.1, 0.15) is 5.82 Å². The third-order valence-electron chi connectivity index (χ3n) is 2.67. The van der Waals surface area contributed by atoms with Gasteiger partial charge in [0.25, 0.3) is 0 Å². The van der Waals surface area contributed by atoms with Gasteiger partial charge in [-0.2, -0.15) is 4.98 Å². The van der Waals surface area contributed by atoms with Crippen LogP contribution in [0.1, 0.15) is 40.3 Å². The van der Waals surface area contributed by atoms with E-state index < -0.39 is 0 Å². The van der Waals surface area contributed by atoms with Gasteiger partial charge in [-0.05, 0) is 25.7 Å². The Kier molecular flexibility index (Phi) is 6.06. The zero-order valence-corrected chi connectivity index (χ0v) is 13.2. The molecule has 0 saturated carbocycles. The lowest BCUT2D eigenvalue weighted by Crippen LogP contribution is -2.32. The maximum Gasteiger partial charge on any atom is 0.224 e. The molecule has 0 aliphatic carbocycles. The SMILES string of the molecule is CCNc1nc(C)cc(N(CC(C)C)CC(C)C)n1. The van der Waals surface area contributed by atoms with Crippen molar-refractivity contribution in [2.45, 2.75) is 41.5 Å². The number of aromatic nitrogens is 2. The molecule has 0 aromatic carbocycles. The average Bonchev–Trinajstić information content (AvgIpc) is 2.26. The third-order valence-corrected chi connectivity index (χ3v) is 2.67. The molecule has 0 aliphatic rings. The molecule has 0 radical (unpaired) electrons. The Morgan fingerprint density at radius 3 is 2.16 bits per heavy atom. The van der Waals surface area contributed by atoms with E-state index in [-0.39, 0.29) is 0 Å². The van der Waals surface area contributed by atoms with Crippen molar-refractivity contribution in [3.05, 3.63) is 11.8 Å². The highest BCUT2D eigenvalue weighted by atomic mass is 15.2. The van der Waals surface area contributed by atoms with Gasteiger partial charge in [-0.3, -0.25) is 0 Å². The predicted molar refractivity (Wildman–Crippen MR) is 82.8 cm³/mol. The van der Waals surface area contributed by atoms with Gasteiger partial charge in [-0.15, -0.1) is 0 Å². The van der Waals surface area contributed by atoms with Crippen LogP contribution in [0.3, 0.4) is 0 Å². The first-order valence-corrected chi connectivity index (χ1v) is 7.26. The molecule has 0 atom stereocenters.